The highest BCUT2D eigenvalue weighted by Gasteiger charge is 2.31. The first-order valence-corrected chi connectivity index (χ1v) is 7.43. The molecule has 0 radical (unpaired) electrons. The molecule has 96 valence electrons. The molecule has 1 heterocycles. The van der Waals surface area contributed by atoms with Crippen molar-refractivity contribution in [3.8, 4) is 0 Å². The van der Waals surface area contributed by atoms with E-state index in [4.69, 9.17) is 4.74 Å². The number of sulfonamides is 1. The standard InChI is InChI=1S/C10H22N2O3S/c1-3-11-6-9-16(13,14)12-10(2)4-7-15-8-5-10/h11-12H,3-9H2,1-2H3. The third-order valence-corrected chi connectivity index (χ3v) is 4.34. The van der Waals surface area contributed by atoms with E-state index in [1.54, 1.807) is 0 Å². The van der Waals surface area contributed by atoms with Crippen LogP contribution in [-0.4, -0.2) is 46.0 Å². The molecule has 0 amide bonds. The van der Waals surface area contributed by atoms with E-state index in [1.807, 2.05) is 13.8 Å². The van der Waals surface area contributed by atoms with Gasteiger partial charge in [-0.3, -0.25) is 0 Å². The Balaban J connectivity index is 2.44. The van der Waals surface area contributed by atoms with E-state index < -0.39 is 10.0 Å². The zero-order chi connectivity index (χ0) is 12.1. The Hall–Kier alpha value is -0.170. The summed E-state index contributed by atoms with van der Waals surface area (Å²) < 4.78 is 31.6. The number of rotatable bonds is 6. The normalized spacial score (nSPS) is 20.9. The lowest BCUT2D eigenvalue weighted by Gasteiger charge is -2.34. The van der Waals surface area contributed by atoms with Gasteiger partial charge in [-0.15, -0.1) is 0 Å². The predicted octanol–water partition coefficient (Wildman–Crippen LogP) is 0.0844. The Kier molecular flexibility index (Phi) is 5.17. The molecule has 0 bridgehead atoms. The zero-order valence-corrected chi connectivity index (χ0v) is 10.9. The van der Waals surface area contributed by atoms with E-state index in [9.17, 15) is 8.42 Å². The molecule has 5 nitrogen and oxygen atoms in total. The molecule has 0 aliphatic carbocycles. The lowest BCUT2D eigenvalue weighted by atomic mass is 9.94. The predicted molar refractivity (Wildman–Crippen MR) is 63.9 cm³/mol. The van der Waals surface area contributed by atoms with Crippen LogP contribution in [-0.2, 0) is 14.8 Å². The zero-order valence-electron chi connectivity index (χ0n) is 10.1. The van der Waals surface area contributed by atoms with Gasteiger partial charge in [0.25, 0.3) is 0 Å². The van der Waals surface area contributed by atoms with E-state index >= 15 is 0 Å². The van der Waals surface area contributed by atoms with E-state index in [1.165, 1.54) is 0 Å². The number of hydrogen-bond acceptors (Lipinski definition) is 4. The van der Waals surface area contributed by atoms with Gasteiger partial charge < -0.3 is 10.1 Å². The van der Waals surface area contributed by atoms with Crippen LogP contribution < -0.4 is 10.0 Å². The van der Waals surface area contributed by atoms with Crippen molar-refractivity contribution in [2.45, 2.75) is 32.2 Å². The molecule has 2 N–H and O–H groups in total. The van der Waals surface area contributed by atoms with Crippen LogP contribution in [0.25, 0.3) is 0 Å². The lowest BCUT2D eigenvalue weighted by molar-refractivity contribution is 0.0537. The topological polar surface area (TPSA) is 67.4 Å². The van der Waals surface area contributed by atoms with Crippen molar-refractivity contribution in [2.24, 2.45) is 0 Å². The lowest BCUT2D eigenvalue weighted by Crippen LogP contribution is -2.50. The maximum atomic E-state index is 11.8. The average molecular weight is 250 g/mol. The second kappa shape index (κ2) is 5.95. The smallest absolute Gasteiger partial charge is 0.213 e. The van der Waals surface area contributed by atoms with Crippen molar-refractivity contribution in [1.82, 2.24) is 10.0 Å². The van der Waals surface area contributed by atoms with Crippen molar-refractivity contribution < 1.29 is 13.2 Å². The number of hydrogen-bond donors (Lipinski definition) is 2. The minimum atomic E-state index is -3.18. The molecule has 16 heavy (non-hydrogen) atoms. The summed E-state index contributed by atoms with van der Waals surface area (Å²) in [4.78, 5) is 0. The quantitative estimate of drug-likeness (QED) is 0.655. The Morgan fingerprint density at radius 3 is 2.50 bits per heavy atom. The van der Waals surface area contributed by atoms with E-state index in [0.717, 1.165) is 19.4 Å². The van der Waals surface area contributed by atoms with Crippen molar-refractivity contribution in [1.29, 1.82) is 0 Å². The summed E-state index contributed by atoms with van der Waals surface area (Å²) in [6.07, 6.45) is 1.49. The molecule has 6 heteroatoms. The summed E-state index contributed by atoms with van der Waals surface area (Å²) in [5, 5.41) is 3.01. The van der Waals surface area contributed by atoms with Crippen LogP contribution in [0.2, 0.25) is 0 Å². The van der Waals surface area contributed by atoms with Crippen LogP contribution in [0, 0.1) is 0 Å². The molecule has 1 saturated heterocycles. The van der Waals surface area contributed by atoms with Gasteiger partial charge in [-0.25, -0.2) is 13.1 Å². The highest BCUT2D eigenvalue weighted by atomic mass is 32.2. The molecule has 0 spiro atoms. The largest absolute Gasteiger partial charge is 0.381 e. The van der Waals surface area contributed by atoms with Gasteiger partial charge >= 0.3 is 0 Å². The van der Waals surface area contributed by atoms with Crippen LogP contribution in [0.3, 0.4) is 0 Å². The van der Waals surface area contributed by atoms with Crippen LogP contribution in [0.5, 0.6) is 0 Å². The molecule has 1 fully saturated rings. The molecule has 1 aliphatic heterocycles. The van der Waals surface area contributed by atoms with Gasteiger partial charge in [0.15, 0.2) is 0 Å². The summed E-state index contributed by atoms with van der Waals surface area (Å²) in [5.74, 6) is 0.136. The molecule has 1 aliphatic rings. The second-order valence-electron chi connectivity index (χ2n) is 4.45. The van der Waals surface area contributed by atoms with E-state index in [2.05, 4.69) is 10.0 Å². The Morgan fingerprint density at radius 1 is 1.31 bits per heavy atom. The summed E-state index contributed by atoms with van der Waals surface area (Å²) >= 11 is 0. The highest BCUT2D eigenvalue weighted by Crippen LogP contribution is 2.20. The molecule has 0 unspecified atom stereocenters. The molecular formula is C10H22N2O3S. The van der Waals surface area contributed by atoms with Gasteiger partial charge in [0.05, 0.1) is 5.75 Å². The van der Waals surface area contributed by atoms with Crippen LogP contribution in [0.15, 0.2) is 0 Å². The first-order valence-electron chi connectivity index (χ1n) is 5.77. The maximum Gasteiger partial charge on any atom is 0.213 e. The van der Waals surface area contributed by atoms with Crippen LogP contribution in [0.1, 0.15) is 26.7 Å². The minimum Gasteiger partial charge on any atom is -0.381 e. The van der Waals surface area contributed by atoms with Crippen molar-refractivity contribution >= 4 is 10.0 Å². The van der Waals surface area contributed by atoms with Gasteiger partial charge in [-0.1, -0.05) is 6.92 Å². The van der Waals surface area contributed by atoms with Gasteiger partial charge in [0.2, 0.25) is 10.0 Å². The SMILES string of the molecule is CCNCCS(=O)(=O)NC1(C)CCOCC1. The fourth-order valence-electron chi connectivity index (χ4n) is 1.73. The van der Waals surface area contributed by atoms with Crippen molar-refractivity contribution in [3.63, 3.8) is 0 Å². The molecule has 0 aromatic rings. The molecule has 0 saturated carbocycles. The van der Waals surface area contributed by atoms with Gasteiger partial charge in [0, 0.05) is 25.3 Å². The molecule has 1 rings (SSSR count). The Bertz CT molecular complexity index is 297. The van der Waals surface area contributed by atoms with Gasteiger partial charge in [-0.05, 0) is 26.3 Å². The molecular weight excluding hydrogens is 228 g/mol. The summed E-state index contributed by atoms with van der Waals surface area (Å²) in [6, 6.07) is 0. The average Bonchev–Trinajstić information content (AvgIpc) is 2.17. The van der Waals surface area contributed by atoms with Crippen LogP contribution >= 0.6 is 0 Å². The first-order chi connectivity index (χ1) is 7.47. The Morgan fingerprint density at radius 2 is 1.94 bits per heavy atom. The monoisotopic (exact) mass is 250 g/mol. The fourth-order valence-corrected chi connectivity index (χ4v) is 3.20. The summed E-state index contributed by atoms with van der Waals surface area (Å²) in [7, 11) is -3.18. The fraction of sp³-hybridized carbons (Fsp3) is 1.00. The summed E-state index contributed by atoms with van der Waals surface area (Å²) in [5.41, 5.74) is -0.330. The minimum absolute atomic E-state index is 0.136. The van der Waals surface area contributed by atoms with E-state index in [0.29, 0.717) is 19.8 Å². The van der Waals surface area contributed by atoms with Gasteiger partial charge in [0.1, 0.15) is 0 Å². The molecule has 0 aromatic carbocycles. The second-order valence-corrected chi connectivity index (χ2v) is 6.29. The molecule has 0 atom stereocenters. The van der Waals surface area contributed by atoms with E-state index in [-0.39, 0.29) is 11.3 Å². The van der Waals surface area contributed by atoms with Gasteiger partial charge in [-0.2, -0.15) is 0 Å². The maximum absolute atomic E-state index is 11.8. The summed E-state index contributed by atoms with van der Waals surface area (Å²) in [6.45, 7) is 6.46. The highest BCUT2D eigenvalue weighted by molar-refractivity contribution is 7.89. The number of nitrogens with one attached hydrogen (secondary N) is 2. The Labute approximate surface area is 98.0 Å². The van der Waals surface area contributed by atoms with Crippen molar-refractivity contribution in [2.75, 3.05) is 32.1 Å². The first kappa shape index (κ1) is 13.9. The van der Waals surface area contributed by atoms with Crippen molar-refractivity contribution in [3.05, 3.63) is 0 Å². The van der Waals surface area contributed by atoms with Crippen LogP contribution in [0.4, 0.5) is 0 Å². The third-order valence-electron chi connectivity index (χ3n) is 2.80. The molecule has 0 aromatic heterocycles. The third kappa shape index (κ3) is 4.78. The number of ether oxygens (including phenoxy) is 1.